The predicted octanol–water partition coefficient (Wildman–Crippen LogP) is 1.03. The van der Waals surface area contributed by atoms with Gasteiger partial charge in [0.25, 0.3) is 0 Å². The van der Waals surface area contributed by atoms with E-state index in [1.165, 1.54) is 0 Å². The molecule has 5 heteroatoms. The first kappa shape index (κ1) is 12.6. The van der Waals surface area contributed by atoms with Crippen LogP contribution in [0, 0.1) is 0 Å². The number of ether oxygens (including phenoxy) is 2. The number of carbonyl (C=O) groups is 1. The van der Waals surface area contributed by atoms with Crippen molar-refractivity contribution in [1.29, 1.82) is 0 Å². The van der Waals surface area contributed by atoms with Crippen molar-refractivity contribution < 1.29 is 14.3 Å². The van der Waals surface area contributed by atoms with Crippen molar-refractivity contribution in [1.82, 2.24) is 10.6 Å². The molecule has 2 fully saturated rings. The molecule has 2 rings (SSSR count). The van der Waals surface area contributed by atoms with Gasteiger partial charge in [-0.25, -0.2) is 4.79 Å². The Bertz CT molecular complexity index is 301. The van der Waals surface area contributed by atoms with E-state index < -0.39 is 5.60 Å². The zero-order valence-corrected chi connectivity index (χ0v) is 10.9. The monoisotopic (exact) mass is 242 g/mol. The lowest BCUT2D eigenvalue weighted by molar-refractivity contribution is 0.0255. The fourth-order valence-electron chi connectivity index (χ4n) is 2.47. The van der Waals surface area contributed by atoms with Crippen LogP contribution in [0.2, 0.25) is 0 Å². The van der Waals surface area contributed by atoms with Crippen molar-refractivity contribution in [3.63, 3.8) is 0 Å². The van der Waals surface area contributed by atoms with Crippen LogP contribution in [-0.4, -0.2) is 42.5 Å². The van der Waals surface area contributed by atoms with Gasteiger partial charge in [-0.3, -0.25) is 0 Å². The number of rotatable bonds is 1. The van der Waals surface area contributed by atoms with E-state index in [4.69, 9.17) is 9.47 Å². The third-order valence-electron chi connectivity index (χ3n) is 3.07. The Morgan fingerprint density at radius 1 is 1.47 bits per heavy atom. The molecular formula is C12H22N2O3. The standard InChI is InChI=1S/C12H22N2O3/c1-7-5-8-10(16-7)9(6-13-8)14-11(15)17-12(2,3)4/h7-10,13H,5-6H2,1-4H3,(H,14,15)/t7?,8-,9-,10+/m0/s1. The second kappa shape index (κ2) is 4.46. The van der Waals surface area contributed by atoms with Gasteiger partial charge in [0.2, 0.25) is 0 Å². The summed E-state index contributed by atoms with van der Waals surface area (Å²) in [6.45, 7) is 8.38. The second-order valence-corrected chi connectivity index (χ2v) is 5.91. The van der Waals surface area contributed by atoms with E-state index in [-0.39, 0.29) is 24.3 Å². The van der Waals surface area contributed by atoms with Gasteiger partial charge in [-0.2, -0.15) is 0 Å². The van der Waals surface area contributed by atoms with Crippen LogP contribution < -0.4 is 10.6 Å². The molecule has 98 valence electrons. The molecule has 0 aromatic rings. The summed E-state index contributed by atoms with van der Waals surface area (Å²) < 4.78 is 11.0. The summed E-state index contributed by atoms with van der Waals surface area (Å²) in [7, 11) is 0. The number of amides is 1. The summed E-state index contributed by atoms with van der Waals surface area (Å²) >= 11 is 0. The van der Waals surface area contributed by atoms with Crippen LogP contribution in [0.15, 0.2) is 0 Å². The van der Waals surface area contributed by atoms with Crippen LogP contribution >= 0.6 is 0 Å². The summed E-state index contributed by atoms with van der Waals surface area (Å²) in [6.07, 6.45) is 0.989. The molecule has 0 aliphatic carbocycles. The van der Waals surface area contributed by atoms with Crippen molar-refractivity contribution in [3.8, 4) is 0 Å². The van der Waals surface area contributed by atoms with Gasteiger partial charge in [-0.05, 0) is 34.1 Å². The Morgan fingerprint density at radius 3 is 2.82 bits per heavy atom. The Balaban J connectivity index is 1.86. The Labute approximate surface area is 102 Å². The van der Waals surface area contributed by atoms with E-state index in [9.17, 15) is 4.79 Å². The molecule has 2 aliphatic rings. The first-order valence-corrected chi connectivity index (χ1v) is 6.23. The number of fused-ring (bicyclic) bond motifs is 1. The topological polar surface area (TPSA) is 59.6 Å². The van der Waals surface area contributed by atoms with Crippen molar-refractivity contribution in [2.45, 2.75) is 64.0 Å². The van der Waals surface area contributed by atoms with E-state index in [1.54, 1.807) is 0 Å². The maximum absolute atomic E-state index is 11.7. The minimum atomic E-state index is -0.459. The zero-order valence-electron chi connectivity index (χ0n) is 10.9. The largest absolute Gasteiger partial charge is 0.444 e. The fourth-order valence-corrected chi connectivity index (χ4v) is 2.47. The summed E-state index contributed by atoms with van der Waals surface area (Å²) in [5.41, 5.74) is -0.459. The summed E-state index contributed by atoms with van der Waals surface area (Å²) in [4.78, 5) is 11.7. The van der Waals surface area contributed by atoms with Crippen LogP contribution in [0.1, 0.15) is 34.1 Å². The predicted molar refractivity (Wildman–Crippen MR) is 63.9 cm³/mol. The third kappa shape index (κ3) is 3.10. The van der Waals surface area contributed by atoms with Crippen LogP contribution in [-0.2, 0) is 9.47 Å². The first-order valence-electron chi connectivity index (χ1n) is 6.23. The van der Waals surface area contributed by atoms with Gasteiger partial charge in [0.05, 0.1) is 18.2 Å². The lowest BCUT2D eigenvalue weighted by Crippen LogP contribution is -2.46. The van der Waals surface area contributed by atoms with Crippen molar-refractivity contribution in [2.24, 2.45) is 0 Å². The maximum Gasteiger partial charge on any atom is 0.408 e. The number of hydrogen-bond donors (Lipinski definition) is 2. The van der Waals surface area contributed by atoms with Crippen molar-refractivity contribution in [2.75, 3.05) is 6.54 Å². The normalized spacial score (nSPS) is 36.7. The SMILES string of the molecule is CC1C[C@@H]2NC[C@H](NC(=O)OC(C)(C)C)[C@@H]2O1. The molecule has 2 N–H and O–H groups in total. The van der Waals surface area contributed by atoms with E-state index in [2.05, 4.69) is 17.6 Å². The minimum Gasteiger partial charge on any atom is -0.444 e. The zero-order chi connectivity index (χ0) is 12.6. The van der Waals surface area contributed by atoms with Crippen molar-refractivity contribution in [3.05, 3.63) is 0 Å². The van der Waals surface area contributed by atoms with Crippen LogP contribution in [0.5, 0.6) is 0 Å². The van der Waals surface area contributed by atoms with Gasteiger partial charge in [-0.1, -0.05) is 0 Å². The van der Waals surface area contributed by atoms with Crippen LogP contribution in [0.3, 0.4) is 0 Å². The third-order valence-corrected chi connectivity index (χ3v) is 3.07. The summed E-state index contributed by atoms with van der Waals surface area (Å²) in [5, 5.41) is 6.25. The molecule has 2 aliphatic heterocycles. The smallest absolute Gasteiger partial charge is 0.408 e. The highest BCUT2D eigenvalue weighted by Gasteiger charge is 2.44. The molecular weight excluding hydrogens is 220 g/mol. The summed E-state index contributed by atoms with van der Waals surface area (Å²) in [5.74, 6) is 0. The highest BCUT2D eigenvalue weighted by molar-refractivity contribution is 5.68. The van der Waals surface area contributed by atoms with Crippen molar-refractivity contribution >= 4 is 6.09 Å². The molecule has 0 bridgehead atoms. The molecule has 0 aromatic carbocycles. The van der Waals surface area contributed by atoms with Gasteiger partial charge in [0, 0.05) is 12.6 Å². The molecule has 0 aromatic heterocycles. The molecule has 2 saturated heterocycles. The molecule has 0 saturated carbocycles. The van der Waals surface area contributed by atoms with E-state index in [0.29, 0.717) is 6.04 Å². The lowest BCUT2D eigenvalue weighted by Gasteiger charge is -2.23. The number of hydrogen-bond acceptors (Lipinski definition) is 4. The Morgan fingerprint density at radius 2 is 2.18 bits per heavy atom. The summed E-state index contributed by atoms with van der Waals surface area (Å²) in [6, 6.07) is 0.379. The number of alkyl carbamates (subject to hydrolysis) is 1. The fraction of sp³-hybridized carbons (Fsp3) is 0.917. The Kier molecular flexibility index (Phi) is 3.32. The quantitative estimate of drug-likeness (QED) is 0.721. The average molecular weight is 242 g/mol. The Hall–Kier alpha value is -0.810. The highest BCUT2D eigenvalue weighted by atomic mass is 16.6. The first-order chi connectivity index (χ1) is 7.85. The van der Waals surface area contributed by atoms with E-state index >= 15 is 0 Å². The number of nitrogens with one attached hydrogen (secondary N) is 2. The van der Waals surface area contributed by atoms with E-state index in [1.807, 2.05) is 20.8 Å². The number of carbonyl (C=O) groups excluding carboxylic acids is 1. The molecule has 0 radical (unpaired) electrons. The van der Waals surface area contributed by atoms with Gasteiger partial charge in [-0.15, -0.1) is 0 Å². The molecule has 0 spiro atoms. The lowest BCUT2D eigenvalue weighted by atomic mass is 10.1. The van der Waals surface area contributed by atoms with Gasteiger partial charge in [0.1, 0.15) is 5.60 Å². The average Bonchev–Trinajstić information content (AvgIpc) is 2.63. The van der Waals surface area contributed by atoms with Gasteiger partial charge >= 0.3 is 6.09 Å². The van der Waals surface area contributed by atoms with Crippen LogP contribution in [0.4, 0.5) is 4.79 Å². The minimum absolute atomic E-state index is 0.0137. The van der Waals surface area contributed by atoms with E-state index in [0.717, 1.165) is 13.0 Å². The molecule has 1 unspecified atom stereocenters. The molecule has 5 nitrogen and oxygen atoms in total. The highest BCUT2D eigenvalue weighted by Crippen LogP contribution is 2.26. The van der Waals surface area contributed by atoms with Crippen LogP contribution in [0.25, 0.3) is 0 Å². The van der Waals surface area contributed by atoms with Gasteiger partial charge in [0.15, 0.2) is 0 Å². The molecule has 4 atom stereocenters. The second-order valence-electron chi connectivity index (χ2n) is 5.91. The molecule has 1 amide bonds. The molecule has 2 heterocycles. The maximum atomic E-state index is 11.7. The van der Waals surface area contributed by atoms with Gasteiger partial charge < -0.3 is 20.1 Å². The molecule has 17 heavy (non-hydrogen) atoms.